The molecule has 2 atom stereocenters. The van der Waals surface area contributed by atoms with Gasteiger partial charge in [0.1, 0.15) is 0 Å². The molecule has 0 aromatic heterocycles. The average Bonchev–Trinajstić information content (AvgIpc) is 3.49. The molecule has 28 heavy (non-hydrogen) atoms. The summed E-state index contributed by atoms with van der Waals surface area (Å²) < 4.78 is 6.58. The van der Waals surface area contributed by atoms with Crippen molar-refractivity contribution in [2.75, 3.05) is 72.1 Å². The first-order valence-corrected chi connectivity index (χ1v) is 11.2. The summed E-state index contributed by atoms with van der Waals surface area (Å²) in [6.07, 6.45) is 9.23. The maximum atomic E-state index is 6.58. The fraction of sp³-hybridized carbons (Fsp3) is 0.895. The van der Waals surface area contributed by atoms with E-state index in [0.29, 0.717) is 0 Å². The van der Waals surface area contributed by atoms with Crippen LogP contribution in [0.25, 0.3) is 0 Å². The molecule has 0 radical (unpaired) electrons. The molecule has 4 saturated heterocycles. The van der Waals surface area contributed by atoms with Gasteiger partial charge in [-0.25, -0.2) is 15.0 Å². The van der Waals surface area contributed by atoms with Crippen molar-refractivity contribution in [1.82, 2.24) is 41.1 Å². The summed E-state index contributed by atoms with van der Waals surface area (Å²) in [5.74, 6) is -0.328. The standard InChI is InChI=1S/C19H36N8O/c1-2-10-23(11-3-1)19(26-13-5-7-22-26)18(25-12-4-6-21-25)28-17-16-27(19)24-14-8-20-9-15-24/h4,6,18,20-22H,1-3,5,7-17H2. The summed E-state index contributed by atoms with van der Waals surface area (Å²) in [7, 11) is 0. The molecule has 0 aromatic carbocycles. The van der Waals surface area contributed by atoms with Crippen LogP contribution in [-0.2, 0) is 4.74 Å². The fourth-order valence-corrected chi connectivity index (χ4v) is 5.53. The van der Waals surface area contributed by atoms with Gasteiger partial charge in [-0.1, -0.05) is 12.5 Å². The van der Waals surface area contributed by atoms with E-state index in [4.69, 9.17) is 4.74 Å². The summed E-state index contributed by atoms with van der Waals surface area (Å²) in [6.45, 7) is 11.1. The van der Waals surface area contributed by atoms with E-state index >= 15 is 0 Å². The first-order chi connectivity index (χ1) is 13.9. The van der Waals surface area contributed by atoms with Crippen LogP contribution in [0.4, 0.5) is 0 Å². The van der Waals surface area contributed by atoms with Crippen molar-refractivity contribution in [3.05, 3.63) is 12.3 Å². The molecule has 0 amide bonds. The molecule has 3 N–H and O–H groups in total. The van der Waals surface area contributed by atoms with Crippen molar-refractivity contribution in [1.29, 1.82) is 0 Å². The highest BCUT2D eigenvalue weighted by molar-refractivity contribution is 5.03. The predicted octanol–water partition coefficient (Wildman–Crippen LogP) is -0.851. The Bertz CT molecular complexity index is 536. The van der Waals surface area contributed by atoms with E-state index in [-0.39, 0.29) is 12.0 Å². The summed E-state index contributed by atoms with van der Waals surface area (Å²) in [4.78, 5) is 2.71. The second-order valence-electron chi connectivity index (χ2n) is 8.38. The van der Waals surface area contributed by atoms with E-state index in [1.807, 2.05) is 6.20 Å². The molecule has 0 spiro atoms. The van der Waals surface area contributed by atoms with E-state index in [0.717, 1.165) is 72.1 Å². The van der Waals surface area contributed by atoms with Crippen molar-refractivity contribution in [2.24, 2.45) is 0 Å². The minimum Gasteiger partial charge on any atom is -0.355 e. The van der Waals surface area contributed by atoms with Crippen molar-refractivity contribution >= 4 is 0 Å². The second kappa shape index (κ2) is 8.53. The largest absolute Gasteiger partial charge is 0.355 e. The molecular weight excluding hydrogens is 356 g/mol. The molecule has 5 rings (SSSR count). The van der Waals surface area contributed by atoms with Crippen LogP contribution in [0.5, 0.6) is 0 Å². The Morgan fingerprint density at radius 1 is 0.893 bits per heavy atom. The van der Waals surface area contributed by atoms with Crippen molar-refractivity contribution in [3.8, 4) is 0 Å². The summed E-state index contributed by atoms with van der Waals surface area (Å²) in [5.41, 5.74) is 7.20. The third-order valence-corrected chi connectivity index (χ3v) is 6.75. The van der Waals surface area contributed by atoms with Crippen LogP contribution in [0.2, 0.25) is 0 Å². The van der Waals surface area contributed by atoms with Crippen LogP contribution < -0.4 is 16.2 Å². The zero-order chi connectivity index (χ0) is 18.8. The van der Waals surface area contributed by atoms with Crippen LogP contribution in [0, 0.1) is 0 Å². The van der Waals surface area contributed by atoms with Gasteiger partial charge >= 0.3 is 0 Å². The lowest BCUT2D eigenvalue weighted by atomic mass is 10.0. The third kappa shape index (κ3) is 3.27. The lowest BCUT2D eigenvalue weighted by molar-refractivity contribution is -0.360. The van der Waals surface area contributed by atoms with Gasteiger partial charge in [0, 0.05) is 71.6 Å². The van der Waals surface area contributed by atoms with Gasteiger partial charge in [0.15, 0.2) is 12.0 Å². The van der Waals surface area contributed by atoms with E-state index in [1.165, 1.54) is 25.7 Å². The summed E-state index contributed by atoms with van der Waals surface area (Å²) >= 11 is 0. The Labute approximate surface area is 168 Å². The molecule has 5 aliphatic heterocycles. The maximum Gasteiger partial charge on any atom is 0.199 e. The molecule has 0 aliphatic carbocycles. The molecule has 0 bridgehead atoms. The van der Waals surface area contributed by atoms with Crippen molar-refractivity contribution < 1.29 is 4.74 Å². The number of nitrogens with zero attached hydrogens (tertiary/aromatic N) is 5. The molecule has 2 unspecified atom stereocenters. The Balaban J connectivity index is 1.56. The van der Waals surface area contributed by atoms with Gasteiger partial charge < -0.3 is 15.5 Å². The number of piperidine rings is 1. The Morgan fingerprint density at radius 2 is 1.75 bits per heavy atom. The molecule has 9 heteroatoms. The van der Waals surface area contributed by atoms with E-state index in [2.05, 4.69) is 47.2 Å². The highest BCUT2D eigenvalue weighted by atomic mass is 16.5. The maximum absolute atomic E-state index is 6.58. The number of rotatable bonds is 4. The van der Waals surface area contributed by atoms with E-state index in [1.54, 1.807) is 0 Å². The van der Waals surface area contributed by atoms with Crippen molar-refractivity contribution in [3.63, 3.8) is 0 Å². The minimum absolute atomic E-state index is 0.0603. The highest BCUT2D eigenvalue weighted by Gasteiger charge is 2.60. The number of piperazine rings is 1. The topological polar surface area (TPSA) is 61.5 Å². The van der Waals surface area contributed by atoms with Crippen LogP contribution in [0.1, 0.15) is 25.7 Å². The van der Waals surface area contributed by atoms with Gasteiger partial charge in [-0.15, -0.1) is 0 Å². The molecule has 158 valence electrons. The number of hydrogen-bond donors (Lipinski definition) is 3. The fourth-order valence-electron chi connectivity index (χ4n) is 5.53. The zero-order valence-corrected chi connectivity index (χ0v) is 17.0. The zero-order valence-electron chi connectivity index (χ0n) is 17.0. The Hall–Kier alpha value is -0.780. The van der Waals surface area contributed by atoms with Gasteiger partial charge in [0.05, 0.1) is 6.61 Å². The van der Waals surface area contributed by atoms with Crippen LogP contribution in [0.15, 0.2) is 12.3 Å². The smallest absolute Gasteiger partial charge is 0.199 e. The molecule has 9 nitrogen and oxygen atoms in total. The number of ether oxygens (including phenoxy) is 1. The number of hydrazine groups is 3. The number of hydrogen-bond acceptors (Lipinski definition) is 9. The van der Waals surface area contributed by atoms with Crippen LogP contribution >= 0.6 is 0 Å². The van der Waals surface area contributed by atoms with Gasteiger partial charge in [-0.2, -0.15) is 5.01 Å². The van der Waals surface area contributed by atoms with Crippen LogP contribution in [-0.4, -0.2) is 109 Å². The summed E-state index contributed by atoms with van der Waals surface area (Å²) in [5, 5.41) is 13.6. The number of likely N-dealkylation sites (tertiary alicyclic amines) is 1. The lowest BCUT2D eigenvalue weighted by Crippen LogP contribution is -2.85. The molecular formula is C19H36N8O. The normalized spacial score (nSPS) is 37.5. The second-order valence-corrected chi connectivity index (χ2v) is 8.38. The third-order valence-electron chi connectivity index (χ3n) is 6.75. The first kappa shape index (κ1) is 19.2. The summed E-state index contributed by atoms with van der Waals surface area (Å²) in [6, 6.07) is 0. The number of nitrogens with one attached hydrogen (secondary N) is 3. The lowest BCUT2D eigenvalue weighted by Gasteiger charge is -2.63. The van der Waals surface area contributed by atoms with Gasteiger partial charge in [0.2, 0.25) is 0 Å². The number of morpholine rings is 1. The van der Waals surface area contributed by atoms with Crippen LogP contribution in [0.3, 0.4) is 0 Å². The van der Waals surface area contributed by atoms with Gasteiger partial charge in [0.25, 0.3) is 0 Å². The van der Waals surface area contributed by atoms with Crippen molar-refractivity contribution in [2.45, 2.75) is 37.7 Å². The molecule has 5 aliphatic rings. The molecule has 4 fully saturated rings. The highest BCUT2D eigenvalue weighted by Crippen LogP contribution is 2.38. The molecule has 5 heterocycles. The SMILES string of the molecule is C1=CNN(C2OCCN(N3CCNCC3)C2(N2CCCCC2)N2CCCN2)C1. The van der Waals surface area contributed by atoms with E-state index in [9.17, 15) is 0 Å². The first-order valence-electron chi connectivity index (χ1n) is 11.2. The molecule has 0 aromatic rings. The quantitative estimate of drug-likeness (QED) is 0.568. The average molecular weight is 393 g/mol. The predicted molar refractivity (Wildman–Crippen MR) is 107 cm³/mol. The Morgan fingerprint density at radius 3 is 2.46 bits per heavy atom. The van der Waals surface area contributed by atoms with E-state index < -0.39 is 0 Å². The Kier molecular flexibility index (Phi) is 5.85. The molecule has 0 saturated carbocycles. The monoisotopic (exact) mass is 392 g/mol. The minimum atomic E-state index is -0.328. The van der Waals surface area contributed by atoms with Gasteiger partial charge in [-0.3, -0.25) is 10.3 Å². The van der Waals surface area contributed by atoms with Gasteiger partial charge in [-0.05, 0) is 19.3 Å².